The van der Waals surface area contributed by atoms with Crippen LogP contribution in [0.1, 0.15) is 23.4 Å². The number of carbonyl (C=O) groups excluding carboxylic acids is 1. The summed E-state index contributed by atoms with van der Waals surface area (Å²) in [4.78, 5) is 16.0. The van der Waals surface area contributed by atoms with Gasteiger partial charge in [-0.15, -0.1) is 5.10 Å². The van der Waals surface area contributed by atoms with Gasteiger partial charge in [-0.25, -0.2) is 18.4 Å². The number of carbonyl (C=O) groups is 1. The number of halogens is 3. The molecule has 1 aromatic carbocycles. The molecule has 136 valence electrons. The standard InChI is InChI=1S/C16H15ClF2N6O/c1-10-5-13(15(18)19)25(22-10)8-14(26)21-16-20-9-24(23-16)7-11-3-2-4-12(17)6-11/h2-6,9,15H,7-8H2,1H3,(H,21,23,26). The van der Waals surface area contributed by atoms with E-state index in [1.807, 2.05) is 12.1 Å². The summed E-state index contributed by atoms with van der Waals surface area (Å²) in [6.45, 7) is 1.66. The van der Waals surface area contributed by atoms with Crippen LogP contribution in [0.2, 0.25) is 5.02 Å². The average Bonchev–Trinajstić information content (AvgIpc) is 3.13. The summed E-state index contributed by atoms with van der Waals surface area (Å²) in [7, 11) is 0. The maximum Gasteiger partial charge on any atom is 0.280 e. The molecule has 0 aliphatic heterocycles. The molecular formula is C16H15ClF2N6O. The molecule has 0 bridgehead atoms. The van der Waals surface area contributed by atoms with Gasteiger partial charge in [0.05, 0.1) is 12.2 Å². The summed E-state index contributed by atoms with van der Waals surface area (Å²) in [6, 6.07) is 8.52. The van der Waals surface area contributed by atoms with Crippen LogP contribution in [0.4, 0.5) is 14.7 Å². The first-order valence-corrected chi connectivity index (χ1v) is 8.05. The molecule has 0 aliphatic carbocycles. The van der Waals surface area contributed by atoms with Gasteiger partial charge in [0.2, 0.25) is 11.9 Å². The van der Waals surface area contributed by atoms with E-state index in [0.717, 1.165) is 10.2 Å². The van der Waals surface area contributed by atoms with Crippen LogP contribution in [0.5, 0.6) is 0 Å². The second kappa shape index (κ2) is 7.61. The van der Waals surface area contributed by atoms with E-state index in [4.69, 9.17) is 11.6 Å². The largest absolute Gasteiger partial charge is 0.292 e. The van der Waals surface area contributed by atoms with E-state index in [0.29, 0.717) is 17.3 Å². The maximum atomic E-state index is 12.9. The van der Waals surface area contributed by atoms with Gasteiger partial charge < -0.3 is 0 Å². The van der Waals surface area contributed by atoms with Crippen molar-refractivity contribution in [1.82, 2.24) is 24.5 Å². The monoisotopic (exact) mass is 380 g/mol. The average molecular weight is 381 g/mol. The van der Waals surface area contributed by atoms with Crippen LogP contribution < -0.4 is 5.32 Å². The minimum absolute atomic E-state index is 0.0829. The number of hydrogen-bond acceptors (Lipinski definition) is 4. The number of alkyl halides is 2. The van der Waals surface area contributed by atoms with Crippen molar-refractivity contribution in [2.45, 2.75) is 26.4 Å². The predicted octanol–water partition coefficient (Wildman–Crippen LogP) is 3.06. The van der Waals surface area contributed by atoms with E-state index in [1.54, 1.807) is 19.1 Å². The Hall–Kier alpha value is -2.81. The molecule has 1 N–H and O–H groups in total. The first kappa shape index (κ1) is 18.0. The number of anilines is 1. The third kappa shape index (κ3) is 4.42. The maximum absolute atomic E-state index is 12.9. The molecule has 1 amide bonds. The normalized spacial score (nSPS) is 11.1. The van der Waals surface area contributed by atoms with Crippen molar-refractivity contribution in [3.8, 4) is 0 Å². The zero-order chi connectivity index (χ0) is 18.7. The Balaban J connectivity index is 1.63. The second-order valence-electron chi connectivity index (χ2n) is 5.61. The summed E-state index contributed by atoms with van der Waals surface area (Å²) >= 11 is 5.93. The molecule has 3 rings (SSSR count). The van der Waals surface area contributed by atoms with Crippen molar-refractivity contribution in [1.29, 1.82) is 0 Å². The number of nitrogens with zero attached hydrogens (tertiary/aromatic N) is 5. The lowest BCUT2D eigenvalue weighted by Crippen LogP contribution is -2.21. The molecule has 0 unspecified atom stereocenters. The van der Waals surface area contributed by atoms with E-state index >= 15 is 0 Å². The van der Waals surface area contributed by atoms with Gasteiger partial charge in [0, 0.05) is 5.02 Å². The van der Waals surface area contributed by atoms with Crippen LogP contribution in [0, 0.1) is 6.92 Å². The zero-order valence-corrected chi connectivity index (χ0v) is 14.5. The van der Waals surface area contributed by atoms with Crippen molar-refractivity contribution in [3.63, 3.8) is 0 Å². The van der Waals surface area contributed by atoms with E-state index in [9.17, 15) is 13.6 Å². The van der Waals surface area contributed by atoms with Crippen molar-refractivity contribution in [2.75, 3.05) is 5.32 Å². The topological polar surface area (TPSA) is 77.6 Å². The minimum atomic E-state index is -2.71. The molecule has 0 fully saturated rings. The number of aromatic nitrogens is 5. The number of amides is 1. The summed E-state index contributed by atoms with van der Waals surface area (Å²) in [5, 5.41) is 11.1. The molecule has 3 aromatic rings. The highest BCUT2D eigenvalue weighted by Crippen LogP contribution is 2.19. The highest BCUT2D eigenvalue weighted by Gasteiger charge is 2.18. The van der Waals surface area contributed by atoms with E-state index < -0.39 is 12.3 Å². The zero-order valence-electron chi connectivity index (χ0n) is 13.7. The molecule has 0 aliphatic rings. The van der Waals surface area contributed by atoms with Crippen LogP contribution >= 0.6 is 11.6 Å². The Morgan fingerprint density at radius 1 is 1.31 bits per heavy atom. The lowest BCUT2D eigenvalue weighted by atomic mass is 10.2. The lowest BCUT2D eigenvalue weighted by molar-refractivity contribution is -0.117. The first-order valence-electron chi connectivity index (χ1n) is 7.67. The third-order valence-electron chi connectivity index (χ3n) is 3.47. The Morgan fingerprint density at radius 3 is 2.85 bits per heavy atom. The Bertz CT molecular complexity index is 923. The van der Waals surface area contributed by atoms with Gasteiger partial charge >= 0.3 is 0 Å². The number of hydrogen-bond donors (Lipinski definition) is 1. The smallest absolute Gasteiger partial charge is 0.280 e. The molecule has 7 nitrogen and oxygen atoms in total. The minimum Gasteiger partial charge on any atom is -0.292 e. The van der Waals surface area contributed by atoms with Crippen molar-refractivity contribution in [2.24, 2.45) is 0 Å². The molecule has 2 heterocycles. The predicted molar refractivity (Wildman–Crippen MR) is 91.1 cm³/mol. The van der Waals surface area contributed by atoms with Crippen molar-refractivity contribution < 1.29 is 13.6 Å². The van der Waals surface area contributed by atoms with Gasteiger partial charge in [0.25, 0.3) is 6.43 Å². The van der Waals surface area contributed by atoms with Crippen molar-refractivity contribution in [3.05, 3.63) is 58.6 Å². The van der Waals surface area contributed by atoms with Gasteiger partial charge in [0.1, 0.15) is 18.6 Å². The summed E-state index contributed by atoms with van der Waals surface area (Å²) in [5.41, 5.74) is 1.03. The summed E-state index contributed by atoms with van der Waals surface area (Å²) < 4.78 is 28.4. The fraction of sp³-hybridized carbons (Fsp3) is 0.250. The number of nitrogens with one attached hydrogen (secondary N) is 1. The van der Waals surface area contributed by atoms with Crippen LogP contribution in [-0.4, -0.2) is 30.5 Å². The van der Waals surface area contributed by atoms with Gasteiger partial charge in [-0.3, -0.25) is 14.8 Å². The molecule has 2 aromatic heterocycles. The molecule has 0 saturated carbocycles. The fourth-order valence-electron chi connectivity index (χ4n) is 2.42. The summed E-state index contributed by atoms with van der Waals surface area (Å²) in [6.07, 6.45) is -1.25. The Labute approximate surface area is 152 Å². The van der Waals surface area contributed by atoms with Gasteiger partial charge in [-0.05, 0) is 30.7 Å². The van der Waals surface area contributed by atoms with Crippen LogP contribution in [-0.2, 0) is 17.9 Å². The van der Waals surface area contributed by atoms with Crippen LogP contribution in [0.25, 0.3) is 0 Å². The van der Waals surface area contributed by atoms with Crippen LogP contribution in [0.15, 0.2) is 36.7 Å². The highest BCUT2D eigenvalue weighted by molar-refractivity contribution is 6.30. The Kier molecular flexibility index (Phi) is 5.27. The van der Waals surface area contributed by atoms with Crippen LogP contribution in [0.3, 0.4) is 0 Å². The first-order chi connectivity index (χ1) is 12.4. The molecule has 0 spiro atoms. The number of aryl methyl sites for hydroxylation is 1. The van der Waals surface area contributed by atoms with E-state index in [1.165, 1.54) is 17.1 Å². The second-order valence-corrected chi connectivity index (χ2v) is 6.05. The Morgan fingerprint density at radius 2 is 2.12 bits per heavy atom. The fourth-order valence-corrected chi connectivity index (χ4v) is 2.63. The SMILES string of the molecule is Cc1cc(C(F)F)n(CC(=O)Nc2ncn(Cc3cccc(Cl)c3)n2)n1. The molecule has 0 saturated heterocycles. The van der Waals surface area contributed by atoms with Gasteiger partial charge in [0.15, 0.2) is 0 Å². The number of benzene rings is 1. The van der Waals surface area contributed by atoms with E-state index in [-0.39, 0.29) is 18.2 Å². The highest BCUT2D eigenvalue weighted by atomic mass is 35.5. The van der Waals surface area contributed by atoms with Gasteiger partial charge in [-0.2, -0.15) is 5.10 Å². The molecular weight excluding hydrogens is 366 g/mol. The summed E-state index contributed by atoms with van der Waals surface area (Å²) in [5.74, 6) is -0.463. The molecule has 0 atom stereocenters. The molecule has 26 heavy (non-hydrogen) atoms. The third-order valence-corrected chi connectivity index (χ3v) is 3.71. The van der Waals surface area contributed by atoms with E-state index in [2.05, 4.69) is 20.5 Å². The molecule has 0 radical (unpaired) electrons. The van der Waals surface area contributed by atoms with Crippen molar-refractivity contribution >= 4 is 23.5 Å². The quantitative estimate of drug-likeness (QED) is 0.713. The number of rotatable bonds is 6. The molecule has 10 heteroatoms. The van der Waals surface area contributed by atoms with Gasteiger partial charge in [-0.1, -0.05) is 23.7 Å². The lowest BCUT2D eigenvalue weighted by Gasteiger charge is -2.06.